The van der Waals surface area contributed by atoms with Crippen LogP contribution in [0.2, 0.25) is 0 Å². The molecule has 0 aromatic rings. The highest BCUT2D eigenvalue weighted by Crippen LogP contribution is 2.26. The Labute approximate surface area is 91.1 Å². The highest BCUT2D eigenvalue weighted by atomic mass is 16.8. The van der Waals surface area contributed by atoms with Gasteiger partial charge in [0, 0.05) is 7.11 Å². The molecule has 0 aromatic heterocycles. The molecule has 88 valence electrons. The van der Waals surface area contributed by atoms with Gasteiger partial charge in [0.25, 0.3) is 0 Å². The third kappa shape index (κ3) is 3.91. The molecule has 1 rings (SSSR count). The largest absolute Gasteiger partial charge is 0.359 e. The van der Waals surface area contributed by atoms with E-state index in [0.717, 1.165) is 6.42 Å². The summed E-state index contributed by atoms with van der Waals surface area (Å²) in [5, 5.41) is 0. The second kappa shape index (κ2) is 5.61. The Balaban J connectivity index is 2.45. The summed E-state index contributed by atoms with van der Waals surface area (Å²) < 4.78 is 21.6. The fourth-order valence-corrected chi connectivity index (χ4v) is 1.55. The smallest absolute Gasteiger partial charge is 0.163 e. The monoisotopic (exact) mass is 216 g/mol. The highest BCUT2D eigenvalue weighted by molar-refractivity contribution is 4.84. The first-order valence-electron chi connectivity index (χ1n) is 5.12. The van der Waals surface area contributed by atoms with Crippen molar-refractivity contribution in [2.24, 2.45) is 0 Å². The molecule has 0 saturated carbocycles. The van der Waals surface area contributed by atoms with Crippen LogP contribution in [0.1, 0.15) is 20.3 Å². The summed E-state index contributed by atoms with van der Waals surface area (Å²) in [6, 6.07) is 0. The zero-order valence-corrected chi connectivity index (χ0v) is 9.69. The average Bonchev–Trinajstić information content (AvgIpc) is 2.53. The summed E-state index contributed by atoms with van der Waals surface area (Å²) in [7, 11) is 1.60. The summed E-state index contributed by atoms with van der Waals surface area (Å²) in [6.07, 6.45) is 2.44. The molecule has 2 atom stereocenters. The lowest BCUT2D eigenvalue weighted by molar-refractivity contribution is -0.168. The first-order valence-corrected chi connectivity index (χ1v) is 5.12. The number of ether oxygens (including phenoxy) is 4. The van der Waals surface area contributed by atoms with Gasteiger partial charge in [0.2, 0.25) is 0 Å². The van der Waals surface area contributed by atoms with E-state index < -0.39 is 5.79 Å². The fourth-order valence-electron chi connectivity index (χ4n) is 1.55. The summed E-state index contributed by atoms with van der Waals surface area (Å²) >= 11 is 0. The molecule has 4 heteroatoms. The summed E-state index contributed by atoms with van der Waals surface area (Å²) in [5.74, 6) is -0.513. The first kappa shape index (κ1) is 12.6. The van der Waals surface area contributed by atoms with Gasteiger partial charge in [0.1, 0.15) is 12.9 Å². The third-order valence-electron chi connectivity index (χ3n) is 2.24. The van der Waals surface area contributed by atoms with Gasteiger partial charge in [-0.1, -0.05) is 6.08 Å². The maximum absolute atomic E-state index is 5.71. The molecule has 0 aromatic carbocycles. The lowest BCUT2D eigenvalue weighted by atomic mass is 10.1. The van der Waals surface area contributed by atoms with Crippen molar-refractivity contribution in [1.29, 1.82) is 0 Å². The maximum Gasteiger partial charge on any atom is 0.163 e. The molecule has 0 bridgehead atoms. The molecule has 0 unspecified atom stereocenters. The van der Waals surface area contributed by atoms with Crippen LogP contribution in [-0.2, 0) is 18.9 Å². The normalized spacial score (nSPS) is 26.5. The molecule has 0 amide bonds. The first-order chi connectivity index (χ1) is 7.09. The van der Waals surface area contributed by atoms with Crippen LogP contribution in [-0.4, -0.2) is 38.5 Å². The summed E-state index contributed by atoms with van der Waals surface area (Å²) in [6.45, 7) is 8.31. The molecule has 0 spiro atoms. The van der Waals surface area contributed by atoms with E-state index >= 15 is 0 Å². The lowest BCUT2D eigenvalue weighted by Crippen LogP contribution is -2.33. The second-order valence-corrected chi connectivity index (χ2v) is 4.00. The summed E-state index contributed by atoms with van der Waals surface area (Å²) in [4.78, 5) is 0. The Bertz CT molecular complexity index is 203. The van der Waals surface area contributed by atoms with Crippen molar-refractivity contribution in [2.75, 3.05) is 20.5 Å². The minimum absolute atomic E-state index is 0.0480. The van der Waals surface area contributed by atoms with Gasteiger partial charge in [-0.15, -0.1) is 6.58 Å². The van der Waals surface area contributed by atoms with Gasteiger partial charge in [0.15, 0.2) is 5.79 Å². The standard InChI is InChI=1S/C11H20O4/c1-5-6-9(13-8-12-4)10-7-14-11(2,3)15-10/h5,9-10H,1,6-8H2,2-4H3/t9-,10+/m0/s1. The molecule has 1 aliphatic heterocycles. The van der Waals surface area contributed by atoms with E-state index in [-0.39, 0.29) is 19.0 Å². The van der Waals surface area contributed by atoms with Crippen LogP contribution in [0.15, 0.2) is 12.7 Å². The number of hydrogen-bond acceptors (Lipinski definition) is 4. The van der Waals surface area contributed by atoms with Crippen molar-refractivity contribution in [3.8, 4) is 0 Å². The van der Waals surface area contributed by atoms with Gasteiger partial charge in [0.05, 0.1) is 12.7 Å². The predicted octanol–water partition coefficient (Wildman–Crippen LogP) is 1.70. The van der Waals surface area contributed by atoms with Gasteiger partial charge >= 0.3 is 0 Å². The topological polar surface area (TPSA) is 36.9 Å². The summed E-state index contributed by atoms with van der Waals surface area (Å²) in [5.41, 5.74) is 0. The highest BCUT2D eigenvalue weighted by Gasteiger charge is 2.37. The van der Waals surface area contributed by atoms with Crippen LogP contribution < -0.4 is 0 Å². The Kier molecular flexibility index (Phi) is 4.73. The predicted molar refractivity (Wildman–Crippen MR) is 56.5 cm³/mol. The van der Waals surface area contributed by atoms with E-state index in [2.05, 4.69) is 6.58 Å². The zero-order valence-electron chi connectivity index (χ0n) is 9.69. The van der Waals surface area contributed by atoms with Crippen LogP contribution in [0.4, 0.5) is 0 Å². The van der Waals surface area contributed by atoms with Crippen molar-refractivity contribution < 1.29 is 18.9 Å². The van der Waals surface area contributed by atoms with Gasteiger partial charge in [-0.2, -0.15) is 0 Å². The van der Waals surface area contributed by atoms with Gasteiger partial charge in [-0.05, 0) is 20.3 Å². The van der Waals surface area contributed by atoms with Crippen molar-refractivity contribution in [1.82, 2.24) is 0 Å². The van der Waals surface area contributed by atoms with Crippen molar-refractivity contribution in [3.63, 3.8) is 0 Å². The maximum atomic E-state index is 5.71. The number of hydrogen-bond donors (Lipinski definition) is 0. The molecule has 15 heavy (non-hydrogen) atoms. The fraction of sp³-hybridized carbons (Fsp3) is 0.818. The quantitative estimate of drug-likeness (QED) is 0.500. The third-order valence-corrected chi connectivity index (χ3v) is 2.24. The van der Waals surface area contributed by atoms with Gasteiger partial charge in [-0.25, -0.2) is 0 Å². The molecular formula is C11H20O4. The Hall–Kier alpha value is -0.420. The van der Waals surface area contributed by atoms with E-state index in [0.29, 0.717) is 6.61 Å². The molecule has 1 heterocycles. The molecule has 0 radical (unpaired) electrons. The van der Waals surface area contributed by atoms with Crippen LogP contribution in [0.25, 0.3) is 0 Å². The minimum Gasteiger partial charge on any atom is -0.359 e. The lowest BCUT2D eigenvalue weighted by Gasteiger charge is -2.23. The average molecular weight is 216 g/mol. The van der Waals surface area contributed by atoms with Crippen molar-refractivity contribution in [2.45, 2.75) is 38.3 Å². The Morgan fingerprint density at radius 3 is 2.80 bits per heavy atom. The molecule has 1 fully saturated rings. The van der Waals surface area contributed by atoms with E-state index in [4.69, 9.17) is 18.9 Å². The van der Waals surface area contributed by atoms with Crippen LogP contribution in [0.5, 0.6) is 0 Å². The number of rotatable bonds is 6. The van der Waals surface area contributed by atoms with E-state index in [1.165, 1.54) is 0 Å². The second-order valence-electron chi connectivity index (χ2n) is 4.00. The van der Waals surface area contributed by atoms with Crippen molar-refractivity contribution in [3.05, 3.63) is 12.7 Å². The van der Waals surface area contributed by atoms with Crippen LogP contribution >= 0.6 is 0 Å². The van der Waals surface area contributed by atoms with E-state index in [9.17, 15) is 0 Å². The molecular weight excluding hydrogens is 196 g/mol. The number of methoxy groups -OCH3 is 1. The van der Waals surface area contributed by atoms with Crippen LogP contribution in [0.3, 0.4) is 0 Å². The van der Waals surface area contributed by atoms with E-state index in [1.54, 1.807) is 7.11 Å². The Morgan fingerprint density at radius 2 is 2.33 bits per heavy atom. The molecule has 4 nitrogen and oxygen atoms in total. The molecule has 0 aliphatic carbocycles. The Morgan fingerprint density at radius 1 is 1.60 bits per heavy atom. The van der Waals surface area contributed by atoms with Crippen LogP contribution in [0, 0.1) is 0 Å². The van der Waals surface area contributed by atoms with Gasteiger partial charge < -0.3 is 18.9 Å². The molecule has 1 aliphatic rings. The zero-order chi connectivity index (χ0) is 11.3. The van der Waals surface area contributed by atoms with Gasteiger partial charge in [-0.3, -0.25) is 0 Å². The van der Waals surface area contributed by atoms with E-state index in [1.807, 2.05) is 19.9 Å². The minimum atomic E-state index is -0.513. The van der Waals surface area contributed by atoms with Crippen molar-refractivity contribution >= 4 is 0 Å². The molecule has 0 N–H and O–H groups in total. The SMILES string of the molecule is C=CC[C@H](OCOC)[C@H]1COC(C)(C)O1. The molecule has 1 saturated heterocycles.